The number of halogens is 3. The van der Waals surface area contributed by atoms with Crippen LogP contribution in [0.1, 0.15) is 22.7 Å². The van der Waals surface area contributed by atoms with Crippen LogP contribution in [0.2, 0.25) is 5.02 Å². The SMILES string of the molecule is CNC(c1ccc(F)cc1Cl)c1cc(Br)c(C)cc1OC. The minimum absolute atomic E-state index is 0.190. The monoisotopic (exact) mass is 371 g/mol. The molecule has 112 valence electrons. The zero-order chi connectivity index (χ0) is 15.6. The zero-order valence-electron chi connectivity index (χ0n) is 12.0. The van der Waals surface area contributed by atoms with Crippen molar-refractivity contribution in [3.63, 3.8) is 0 Å². The van der Waals surface area contributed by atoms with Gasteiger partial charge in [-0.1, -0.05) is 33.6 Å². The van der Waals surface area contributed by atoms with E-state index in [0.717, 1.165) is 26.9 Å². The van der Waals surface area contributed by atoms with Crippen molar-refractivity contribution in [2.75, 3.05) is 14.2 Å². The summed E-state index contributed by atoms with van der Waals surface area (Å²) in [5.74, 6) is 0.408. The Balaban J connectivity index is 2.58. The summed E-state index contributed by atoms with van der Waals surface area (Å²) in [6, 6.07) is 8.17. The lowest BCUT2D eigenvalue weighted by molar-refractivity contribution is 0.405. The van der Waals surface area contributed by atoms with E-state index in [-0.39, 0.29) is 11.9 Å². The molecule has 0 saturated carbocycles. The van der Waals surface area contributed by atoms with Gasteiger partial charge in [0, 0.05) is 15.1 Å². The molecule has 0 fully saturated rings. The van der Waals surface area contributed by atoms with E-state index < -0.39 is 0 Å². The van der Waals surface area contributed by atoms with E-state index in [1.165, 1.54) is 12.1 Å². The molecule has 1 N–H and O–H groups in total. The maximum atomic E-state index is 13.2. The number of hydrogen-bond acceptors (Lipinski definition) is 2. The van der Waals surface area contributed by atoms with Gasteiger partial charge in [0.05, 0.1) is 13.2 Å². The number of rotatable bonds is 4. The lowest BCUT2D eigenvalue weighted by atomic mass is 9.96. The summed E-state index contributed by atoms with van der Waals surface area (Å²) in [6.07, 6.45) is 0. The van der Waals surface area contributed by atoms with Gasteiger partial charge >= 0.3 is 0 Å². The van der Waals surface area contributed by atoms with Crippen LogP contribution in [0.4, 0.5) is 4.39 Å². The fourth-order valence-electron chi connectivity index (χ4n) is 2.29. The second kappa shape index (κ2) is 6.77. The molecule has 5 heteroatoms. The van der Waals surface area contributed by atoms with E-state index in [1.54, 1.807) is 13.2 Å². The molecular weight excluding hydrogens is 357 g/mol. The fourth-order valence-corrected chi connectivity index (χ4v) is 2.92. The maximum absolute atomic E-state index is 13.2. The predicted molar refractivity (Wildman–Crippen MR) is 87.7 cm³/mol. The molecule has 1 unspecified atom stereocenters. The van der Waals surface area contributed by atoms with Crippen LogP contribution in [0, 0.1) is 12.7 Å². The molecule has 0 bridgehead atoms. The van der Waals surface area contributed by atoms with Crippen LogP contribution in [0.15, 0.2) is 34.8 Å². The molecule has 0 aliphatic carbocycles. The molecule has 0 aromatic heterocycles. The zero-order valence-corrected chi connectivity index (χ0v) is 14.3. The second-order valence-electron chi connectivity index (χ2n) is 4.73. The summed E-state index contributed by atoms with van der Waals surface area (Å²) < 4.78 is 19.7. The standard InChI is InChI=1S/C16H16BrClFNO/c1-9-6-15(21-3)12(8-13(9)17)16(20-2)11-5-4-10(19)7-14(11)18/h4-8,16,20H,1-3H3. The van der Waals surface area contributed by atoms with E-state index >= 15 is 0 Å². The Bertz CT molecular complexity index is 663. The van der Waals surface area contributed by atoms with Crippen molar-refractivity contribution in [3.8, 4) is 5.75 Å². The van der Waals surface area contributed by atoms with Gasteiger partial charge < -0.3 is 10.1 Å². The lowest BCUT2D eigenvalue weighted by Crippen LogP contribution is -2.19. The van der Waals surface area contributed by atoms with E-state index in [1.807, 2.05) is 26.1 Å². The number of methoxy groups -OCH3 is 1. The highest BCUT2D eigenvalue weighted by Gasteiger charge is 2.20. The van der Waals surface area contributed by atoms with Gasteiger partial charge in [-0.2, -0.15) is 0 Å². The minimum atomic E-state index is -0.351. The molecule has 2 nitrogen and oxygen atoms in total. The summed E-state index contributed by atoms with van der Waals surface area (Å²) in [7, 11) is 3.46. The Morgan fingerprint density at radius 1 is 1.24 bits per heavy atom. The van der Waals surface area contributed by atoms with Crippen LogP contribution in [-0.4, -0.2) is 14.2 Å². The first kappa shape index (κ1) is 16.3. The smallest absolute Gasteiger partial charge is 0.124 e. The molecule has 2 aromatic rings. The van der Waals surface area contributed by atoms with Crippen molar-refractivity contribution in [3.05, 3.63) is 62.3 Å². The van der Waals surface area contributed by atoms with Crippen molar-refractivity contribution < 1.29 is 9.13 Å². The third kappa shape index (κ3) is 3.39. The van der Waals surface area contributed by atoms with E-state index in [9.17, 15) is 4.39 Å². The van der Waals surface area contributed by atoms with Crippen molar-refractivity contribution in [2.45, 2.75) is 13.0 Å². The van der Waals surface area contributed by atoms with Crippen molar-refractivity contribution in [1.82, 2.24) is 5.32 Å². The van der Waals surface area contributed by atoms with Gasteiger partial charge in [0.2, 0.25) is 0 Å². The summed E-state index contributed by atoms with van der Waals surface area (Å²) in [5.41, 5.74) is 2.82. The molecule has 0 aliphatic heterocycles. The minimum Gasteiger partial charge on any atom is -0.496 e. The Kier molecular flexibility index (Phi) is 5.25. The Morgan fingerprint density at radius 3 is 2.52 bits per heavy atom. The van der Waals surface area contributed by atoms with Gasteiger partial charge in [-0.15, -0.1) is 0 Å². The average Bonchev–Trinajstić information content (AvgIpc) is 2.45. The van der Waals surface area contributed by atoms with Gasteiger partial charge in [0.25, 0.3) is 0 Å². The first-order valence-electron chi connectivity index (χ1n) is 6.44. The molecule has 0 heterocycles. The molecule has 2 rings (SSSR count). The van der Waals surface area contributed by atoms with Crippen LogP contribution >= 0.6 is 27.5 Å². The summed E-state index contributed by atoms with van der Waals surface area (Å²) >= 11 is 9.72. The van der Waals surface area contributed by atoms with Crippen molar-refractivity contribution in [2.24, 2.45) is 0 Å². The van der Waals surface area contributed by atoms with Crippen LogP contribution in [0.25, 0.3) is 0 Å². The van der Waals surface area contributed by atoms with Crippen LogP contribution in [-0.2, 0) is 0 Å². The molecule has 2 aromatic carbocycles. The van der Waals surface area contributed by atoms with Gasteiger partial charge in [-0.05, 0) is 49.4 Å². The second-order valence-corrected chi connectivity index (χ2v) is 5.99. The third-order valence-electron chi connectivity index (χ3n) is 3.38. The molecule has 21 heavy (non-hydrogen) atoms. The Labute approximate surface area is 137 Å². The first-order valence-corrected chi connectivity index (χ1v) is 7.61. The molecule has 0 aliphatic rings. The normalized spacial score (nSPS) is 12.3. The fraction of sp³-hybridized carbons (Fsp3) is 0.250. The summed E-state index contributed by atoms with van der Waals surface area (Å²) in [4.78, 5) is 0. The number of hydrogen-bond donors (Lipinski definition) is 1. The first-order chi connectivity index (χ1) is 9.97. The van der Waals surface area contributed by atoms with E-state index in [2.05, 4.69) is 21.2 Å². The van der Waals surface area contributed by atoms with Crippen LogP contribution < -0.4 is 10.1 Å². The van der Waals surface area contributed by atoms with Crippen molar-refractivity contribution >= 4 is 27.5 Å². The lowest BCUT2D eigenvalue weighted by Gasteiger charge is -2.22. The van der Waals surface area contributed by atoms with Gasteiger partial charge in [0.1, 0.15) is 11.6 Å². The van der Waals surface area contributed by atoms with Gasteiger partial charge in [0.15, 0.2) is 0 Å². The Hall–Kier alpha value is -1.10. The summed E-state index contributed by atoms with van der Waals surface area (Å²) in [5, 5.41) is 3.59. The van der Waals surface area contributed by atoms with E-state index in [0.29, 0.717) is 5.02 Å². The van der Waals surface area contributed by atoms with Gasteiger partial charge in [-0.25, -0.2) is 4.39 Å². The van der Waals surface area contributed by atoms with Crippen LogP contribution in [0.3, 0.4) is 0 Å². The van der Waals surface area contributed by atoms with Gasteiger partial charge in [-0.3, -0.25) is 0 Å². The third-order valence-corrected chi connectivity index (χ3v) is 4.57. The molecule has 0 radical (unpaired) electrons. The number of benzene rings is 2. The highest BCUT2D eigenvalue weighted by atomic mass is 79.9. The Morgan fingerprint density at radius 2 is 1.95 bits per heavy atom. The maximum Gasteiger partial charge on any atom is 0.124 e. The molecule has 0 amide bonds. The average molecular weight is 373 g/mol. The number of nitrogens with one attached hydrogen (secondary N) is 1. The quantitative estimate of drug-likeness (QED) is 0.827. The predicted octanol–water partition coefficient (Wildman–Crippen LogP) is 4.87. The molecule has 0 saturated heterocycles. The highest BCUT2D eigenvalue weighted by Crippen LogP contribution is 2.36. The van der Waals surface area contributed by atoms with Crippen molar-refractivity contribution in [1.29, 1.82) is 0 Å². The molecule has 0 spiro atoms. The highest BCUT2D eigenvalue weighted by molar-refractivity contribution is 9.10. The topological polar surface area (TPSA) is 21.3 Å². The van der Waals surface area contributed by atoms with Crippen LogP contribution in [0.5, 0.6) is 5.75 Å². The summed E-state index contributed by atoms with van der Waals surface area (Å²) in [6.45, 7) is 2.00. The molecular formula is C16H16BrClFNO. The number of aryl methyl sites for hydroxylation is 1. The number of ether oxygens (including phenoxy) is 1. The molecule has 1 atom stereocenters. The van der Waals surface area contributed by atoms with E-state index in [4.69, 9.17) is 16.3 Å². The largest absolute Gasteiger partial charge is 0.496 e.